The van der Waals surface area contributed by atoms with Gasteiger partial charge in [-0.1, -0.05) is 0 Å². The molecule has 0 fully saturated rings. The van der Waals surface area contributed by atoms with Crippen LogP contribution in [0.25, 0.3) is 0 Å². The highest BCUT2D eigenvalue weighted by atomic mass is 32.1. The first-order valence-corrected chi connectivity index (χ1v) is 5.54. The number of benzene rings is 1. The Kier molecular flexibility index (Phi) is 5.31. The summed E-state index contributed by atoms with van der Waals surface area (Å²) in [7, 11) is 2.94. The summed E-state index contributed by atoms with van der Waals surface area (Å²) in [6.45, 7) is 2.24. The Bertz CT molecular complexity index is 404. The molecule has 1 aromatic rings. The van der Waals surface area contributed by atoms with Crippen molar-refractivity contribution < 1.29 is 19.0 Å². The molecule has 0 aliphatic heterocycles. The van der Waals surface area contributed by atoms with Crippen LogP contribution in [0.5, 0.6) is 5.75 Å². The van der Waals surface area contributed by atoms with Gasteiger partial charge in [0.15, 0.2) is 6.61 Å². The molecule has 0 atom stereocenters. The topological polar surface area (TPSA) is 44.8 Å². The molecule has 4 nitrogen and oxygen atoms in total. The molecule has 0 unspecified atom stereocenters. The second-order valence-electron chi connectivity index (χ2n) is 3.54. The zero-order valence-corrected chi connectivity index (χ0v) is 11.0. The minimum Gasteiger partial charge on any atom is -0.482 e. The van der Waals surface area contributed by atoms with Gasteiger partial charge in [-0.2, -0.15) is 0 Å². The number of thiol groups is 1. The number of hydrogen-bond donors (Lipinski definition) is 1. The summed E-state index contributed by atoms with van der Waals surface area (Å²) in [6, 6.07) is 3.70. The van der Waals surface area contributed by atoms with Gasteiger partial charge in [-0.05, 0) is 30.2 Å². The van der Waals surface area contributed by atoms with Crippen molar-refractivity contribution in [3.8, 4) is 5.75 Å². The minimum absolute atomic E-state index is 0.102. The summed E-state index contributed by atoms with van der Waals surface area (Å²) < 4.78 is 14.9. The van der Waals surface area contributed by atoms with Crippen LogP contribution in [-0.4, -0.2) is 26.8 Å². The molecule has 0 radical (unpaired) electrons. The Labute approximate surface area is 106 Å². The minimum atomic E-state index is -0.410. The van der Waals surface area contributed by atoms with Crippen LogP contribution in [-0.2, 0) is 20.9 Å². The normalized spacial score (nSPS) is 10.1. The first-order chi connectivity index (χ1) is 8.08. The molecule has 5 heteroatoms. The fraction of sp³-hybridized carbons (Fsp3) is 0.417. The largest absolute Gasteiger partial charge is 0.482 e. The molecule has 1 rings (SSSR count). The van der Waals surface area contributed by atoms with Crippen molar-refractivity contribution in [2.75, 3.05) is 20.8 Å². The average molecular weight is 256 g/mol. The highest BCUT2D eigenvalue weighted by molar-refractivity contribution is 7.80. The van der Waals surface area contributed by atoms with Crippen molar-refractivity contribution in [2.45, 2.75) is 18.4 Å². The summed E-state index contributed by atoms with van der Waals surface area (Å²) in [5, 5.41) is 0. The van der Waals surface area contributed by atoms with Gasteiger partial charge >= 0.3 is 5.97 Å². The predicted molar refractivity (Wildman–Crippen MR) is 66.7 cm³/mol. The van der Waals surface area contributed by atoms with Gasteiger partial charge < -0.3 is 14.2 Å². The molecule has 0 aromatic heterocycles. The van der Waals surface area contributed by atoms with E-state index in [9.17, 15) is 4.79 Å². The molecule has 0 bridgehead atoms. The lowest BCUT2D eigenvalue weighted by Crippen LogP contribution is -2.13. The molecule has 1 aromatic carbocycles. The van der Waals surface area contributed by atoms with Gasteiger partial charge in [-0.3, -0.25) is 0 Å². The van der Waals surface area contributed by atoms with Gasteiger partial charge in [-0.15, -0.1) is 12.6 Å². The van der Waals surface area contributed by atoms with E-state index in [0.29, 0.717) is 12.4 Å². The van der Waals surface area contributed by atoms with Crippen molar-refractivity contribution in [2.24, 2.45) is 0 Å². The lowest BCUT2D eigenvalue weighted by atomic mass is 10.1. The maximum absolute atomic E-state index is 11.0. The van der Waals surface area contributed by atoms with E-state index in [4.69, 9.17) is 9.47 Å². The van der Waals surface area contributed by atoms with E-state index in [1.165, 1.54) is 7.11 Å². The Hall–Kier alpha value is -1.20. The van der Waals surface area contributed by atoms with E-state index in [-0.39, 0.29) is 6.61 Å². The summed E-state index contributed by atoms with van der Waals surface area (Å²) in [6.07, 6.45) is 0. The molecular weight excluding hydrogens is 240 g/mol. The van der Waals surface area contributed by atoms with Crippen LogP contribution in [0.1, 0.15) is 11.1 Å². The third kappa shape index (κ3) is 3.94. The van der Waals surface area contributed by atoms with Crippen molar-refractivity contribution in [1.82, 2.24) is 0 Å². The molecule has 0 heterocycles. The van der Waals surface area contributed by atoms with Crippen molar-refractivity contribution in [3.05, 3.63) is 23.3 Å². The number of rotatable bonds is 5. The molecule has 94 valence electrons. The van der Waals surface area contributed by atoms with Gasteiger partial charge in [0.2, 0.25) is 0 Å². The Morgan fingerprint density at radius 1 is 1.35 bits per heavy atom. The number of carbonyl (C=O) groups is 1. The van der Waals surface area contributed by atoms with Crippen LogP contribution < -0.4 is 4.74 Å². The molecule has 0 N–H and O–H groups in total. The van der Waals surface area contributed by atoms with Crippen LogP contribution in [0.3, 0.4) is 0 Å². The van der Waals surface area contributed by atoms with Crippen molar-refractivity contribution in [3.63, 3.8) is 0 Å². The second kappa shape index (κ2) is 6.51. The monoisotopic (exact) mass is 256 g/mol. The van der Waals surface area contributed by atoms with Crippen molar-refractivity contribution >= 4 is 18.6 Å². The molecule has 0 spiro atoms. The molecule has 0 amide bonds. The fourth-order valence-corrected chi connectivity index (χ4v) is 1.66. The van der Waals surface area contributed by atoms with Crippen LogP contribution in [0, 0.1) is 6.92 Å². The van der Waals surface area contributed by atoms with Gasteiger partial charge in [-0.25, -0.2) is 4.79 Å². The quantitative estimate of drug-likeness (QED) is 0.646. The lowest BCUT2D eigenvalue weighted by molar-refractivity contribution is -0.142. The standard InChI is InChI=1S/C12H16O4S/c1-8-4-11(17)9(6-14-2)5-10(8)16-7-12(13)15-3/h4-5,17H,6-7H2,1-3H3. The number of carbonyl (C=O) groups excluding carboxylic acids is 1. The highest BCUT2D eigenvalue weighted by Gasteiger charge is 2.08. The molecule has 17 heavy (non-hydrogen) atoms. The Morgan fingerprint density at radius 2 is 2.06 bits per heavy atom. The molecule has 0 aliphatic rings. The molecule has 0 saturated heterocycles. The van der Waals surface area contributed by atoms with Gasteiger partial charge in [0, 0.05) is 12.0 Å². The summed E-state index contributed by atoms with van der Waals surface area (Å²) in [5.74, 6) is 0.230. The van der Waals surface area contributed by atoms with Gasteiger partial charge in [0.1, 0.15) is 5.75 Å². The molecule has 0 saturated carbocycles. The maximum atomic E-state index is 11.0. The van der Waals surface area contributed by atoms with E-state index in [1.807, 2.05) is 19.1 Å². The summed E-state index contributed by atoms with van der Waals surface area (Å²) in [5.41, 5.74) is 1.83. The first-order valence-electron chi connectivity index (χ1n) is 5.09. The smallest absolute Gasteiger partial charge is 0.343 e. The van der Waals surface area contributed by atoms with E-state index < -0.39 is 5.97 Å². The second-order valence-corrected chi connectivity index (χ2v) is 4.03. The Balaban J connectivity index is 2.83. The summed E-state index contributed by atoms with van der Waals surface area (Å²) in [4.78, 5) is 11.8. The number of aryl methyl sites for hydroxylation is 1. The van der Waals surface area contributed by atoms with E-state index in [0.717, 1.165) is 16.0 Å². The van der Waals surface area contributed by atoms with E-state index in [1.54, 1.807) is 7.11 Å². The van der Waals surface area contributed by atoms with Crippen LogP contribution in [0.4, 0.5) is 0 Å². The SMILES string of the molecule is COCc1cc(OCC(=O)OC)c(C)cc1S. The van der Waals surface area contributed by atoms with Crippen LogP contribution in [0.2, 0.25) is 0 Å². The number of methoxy groups -OCH3 is 2. The van der Waals surface area contributed by atoms with Gasteiger partial charge in [0.05, 0.1) is 13.7 Å². The van der Waals surface area contributed by atoms with Crippen LogP contribution in [0.15, 0.2) is 17.0 Å². The fourth-order valence-electron chi connectivity index (χ4n) is 1.34. The third-order valence-electron chi connectivity index (χ3n) is 2.25. The van der Waals surface area contributed by atoms with E-state index in [2.05, 4.69) is 17.4 Å². The zero-order chi connectivity index (χ0) is 12.8. The summed E-state index contributed by atoms with van der Waals surface area (Å²) >= 11 is 4.35. The van der Waals surface area contributed by atoms with Gasteiger partial charge in [0.25, 0.3) is 0 Å². The van der Waals surface area contributed by atoms with E-state index >= 15 is 0 Å². The van der Waals surface area contributed by atoms with Crippen LogP contribution >= 0.6 is 12.6 Å². The maximum Gasteiger partial charge on any atom is 0.343 e. The average Bonchev–Trinajstić information content (AvgIpc) is 2.30. The zero-order valence-electron chi connectivity index (χ0n) is 10.1. The predicted octanol–water partition coefficient (Wildman–Crippen LogP) is 1.98. The third-order valence-corrected chi connectivity index (χ3v) is 2.67. The number of ether oxygens (including phenoxy) is 3. The lowest BCUT2D eigenvalue weighted by Gasteiger charge is -2.12. The highest BCUT2D eigenvalue weighted by Crippen LogP contribution is 2.26. The molecular formula is C12H16O4S. The Morgan fingerprint density at radius 3 is 2.65 bits per heavy atom. The number of esters is 1. The first kappa shape index (κ1) is 13.9. The number of hydrogen-bond acceptors (Lipinski definition) is 5. The van der Waals surface area contributed by atoms with Crippen molar-refractivity contribution in [1.29, 1.82) is 0 Å². The molecule has 0 aliphatic carbocycles.